The minimum Gasteiger partial charge on any atom is -0.419 e. The van der Waals surface area contributed by atoms with Crippen LogP contribution < -0.4 is 0 Å². The highest BCUT2D eigenvalue weighted by molar-refractivity contribution is 8.00. The van der Waals surface area contributed by atoms with Gasteiger partial charge < -0.3 is 18.9 Å². The van der Waals surface area contributed by atoms with E-state index in [0.29, 0.717) is 11.6 Å². The van der Waals surface area contributed by atoms with E-state index < -0.39 is 46.8 Å². The van der Waals surface area contributed by atoms with Gasteiger partial charge in [0.1, 0.15) is 30.1 Å². The summed E-state index contributed by atoms with van der Waals surface area (Å²) in [7, 11) is 0. The molecule has 2 atom stereocenters. The second-order valence-corrected chi connectivity index (χ2v) is 11.1. The molecule has 0 aliphatic carbocycles. The molecule has 0 saturated carbocycles. The van der Waals surface area contributed by atoms with E-state index in [1.54, 1.807) is 31.2 Å². The third-order valence-electron chi connectivity index (χ3n) is 6.42. The van der Waals surface area contributed by atoms with Gasteiger partial charge in [-0.15, -0.1) is 11.8 Å². The Hall–Kier alpha value is -3.83. The van der Waals surface area contributed by atoms with Crippen molar-refractivity contribution in [3.05, 3.63) is 101 Å². The molecule has 43 heavy (non-hydrogen) atoms. The first kappa shape index (κ1) is 32.1. The summed E-state index contributed by atoms with van der Waals surface area (Å²) in [6.07, 6.45) is 7.28. The smallest absolute Gasteiger partial charge is 0.419 e. The van der Waals surface area contributed by atoms with Crippen molar-refractivity contribution in [2.45, 2.75) is 35.9 Å². The number of halogens is 4. The van der Waals surface area contributed by atoms with E-state index in [0.717, 1.165) is 12.1 Å². The summed E-state index contributed by atoms with van der Waals surface area (Å²) in [5, 5.41) is 12.0. The number of benzene rings is 2. The predicted octanol–water partition coefficient (Wildman–Crippen LogP) is 5.94. The molecule has 14 heteroatoms. The largest absolute Gasteiger partial charge is 0.510 e. The fourth-order valence-electron chi connectivity index (χ4n) is 4.35. The first-order valence-corrected chi connectivity index (χ1v) is 14.3. The molecule has 1 aliphatic rings. The molecule has 0 amide bonds. The summed E-state index contributed by atoms with van der Waals surface area (Å²) in [6.45, 7) is 2.01. The highest BCUT2D eigenvalue weighted by Gasteiger charge is 2.47. The average Bonchev–Trinajstić information content (AvgIpc) is 3.49. The standard InChI is InChI=1S/C29H26ClF3N4O5S/c1-19(43-23-13-39-27(40-14-23)5-3-2-4-21-7-6-20(12-34)10-25(21)32)29(42-28(38)41-16-30,15-37-18-35-17-36-37)24-9-8-22(31)11-26(24)33/h2-11,17-19,23,27H,13-16H2,1H3/b4-2+,5-3+/t19-,23?,27?,29-/m1/s1. The Morgan fingerprint density at radius 2 is 2.02 bits per heavy atom. The van der Waals surface area contributed by atoms with Crippen LogP contribution in [0.25, 0.3) is 6.08 Å². The van der Waals surface area contributed by atoms with Crippen LogP contribution in [0.4, 0.5) is 18.0 Å². The van der Waals surface area contributed by atoms with Gasteiger partial charge in [-0.2, -0.15) is 10.4 Å². The monoisotopic (exact) mass is 634 g/mol. The number of nitriles is 1. The minimum atomic E-state index is -1.73. The van der Waals surface area contributed by atoms with Crippen LogP contribution in [0.3, 0.4) is 0 Å². The Labute approximate surface area is 254 Å². The Morgan fingerprint density at radius 1 is 1.23 bits per heavy atom. The van der Waals surface area contributed by atoms with Crippen molar-refractivity contribution < 1.29 is 36.9 Å². The maximum atomic E-state index is 15.3. The summed E-state index contributed by atoms with van der Waals surface area (Å²) >= 11 is 6.87. The molecule has 4 rings (SSSR count). The number of rotatable bonds is 11. The molecule has 9 nitrogen and oxygen atoms in total. The molecule has 1 fully saturated rings. The fourth-order valence-corrected chi connectivity index (χ4v) is 5.80. The van der Waals surface area contributed by atoms with Crippen LogP contribution in [-0.4, -0.2) is 57.0 Å². The van der Waals surface area contributed by atoms with Crippen LogP contribution in [0, 0.1) is 28.8 Å². The topological polar surface area (TPSA) is 108 Å². The molecule has 1 aliphatic heterocycles. The second-order valence-electron chi connectivity index (χ2n) is 9.24. The zero-order chi connectivity index (χ0) is 30.8. The molecule has 0 radical (unpaired) electrons. The van der Waals surface area contributed by atoms with Crippen LogP contribution in [-0.2, 0) is 31.1 Å². The molecule has 2 aromatic carbocycles. The summed E-state index contributed by atoms with van der Waals surface area (Å²) in [5.41, 5.74) is -1.28. The van der Waals surface area contributed by atoms with E-state index >= 15 is 4.39 Å². The first-order valence-electron chi connectivity index (χ1n) is 12.9. The third-order valence-corrected chi connectivity index (χ3v) is 7.97. The first-order chi connectivity index (χ1) is 20.7. The van der Waals surface area contributed by atoms with Crippen LogP contribution in [0.2, 0.25) is 0 Å². The molecule has 0 spiro atoms. The van der Waals surface area contributed by atoms with Crippen molar-refractivity contribution in [2.75, 3.05) is 19.3 Å². The van der Waals surface area contributed by atoms with Gasteiger partial charge in [0.2, 0.25) is 0 Å². The van der Waals surface area contributed by atoms with Gasteiger partial charge in [-0.1, -0.05) is 35.9 Å². The van der Waals surface area contributed by atoms with E-state index in [1.165, 1.54) is 47.3 Å². The molecule has 0 N–H and O–H groups in total. The molecule has 226 valence electrons. The number of aromatic nitrogens is 3. The van der Waals surface area contributed by atoms with Gasteiger partial charge >= 0.3 is 6.16 Å². The molecule has 0 unspecified atom stereocenters. The van der Waals surface area contributed by atoms with Gasteiger partial charge in [0.25, 0.3) is 0 Å². The maximum Gasteiger partial charge on any atom is 0.510 e. The summed E-state index contributed by atoms with van der Waals surface area (Å²) in [4.78, 5) is 16.5. The lowest BCUT2D eigenvalue weighted by Gasteiger charge is -2.40. The number of hydrogen-bond acceptors (Lipinski definition) is 9. The quantitative estimate of drug-likeness (QED) is 0.144. The van der Waals surface area contributed by atoms with Gasteiger partial charge in [-0.25, -0.2) is 27.6 Å². The summed E-state index contributed by atoms with van der Waals surface area (Å²) in [5.74, 6) is -2.24. The number of carbonyl (C=O) groups excluding carboxylic acids is 1. The SMILES string of the molecule is C[C@@H](SC1COC(/C=C/C=C/c2ccc(C#N)cc2F)OC1)[C@@](Cn1cncn1)(OC(=O)OCCl)c1ccc(F)cc1F. The zero-order valence-electron chi connectivity index (χ0n) is 22.7. The normalized spacial score (nSPS) is 19.2. The molecular weight excluding hydrogens is 609 g/mol. The third kappa shape index (κ3) is 8.39. The summed E-state index contributed by atoms with van der Waals surface area (Å²) in [6, 6.07) is 8.55. The number of ether oxygens (including phenoxy) is 4. The van der Waals surface area contributed by atoms with Crippen LogP contribution in [0.5, 0.6) is 0 Å². The number of allylic oxidation sites excluding steroid dienone is 2. The van der Waals surface area contributed by atoms with Crippen molar-refractivity contribution in [1.82, 2.24) is 14.8 Å². The van der Waals surface area contributed by atoms with Gasteiger partial charge in [0.15, 0.2) is 18.0 Å². The fraction of sp³-hybridized carbons (Fsp3) is 0.310. The van der Waals surface area contributed by atoms with Crippen molar-refractivity contribution in [2.24, 2.45) is 0 Å². The van der Waals surface area contributed by atoms with E-state index in [1.807, 2.05) is 6.07 Å². The molecule has 1 saturated heterocycles. The van der Waals surface area contributed by atoms with Crippen molar-refractivity contribution >= 4 is 35.6 Å². The molecular formula is C29H26ClF3N4O5S. The lowest BCUT2D eigenvalue weighted by atomic mass is 9.89. The van der Waals surface area contributed by atoms with Gasteiger partial charge in [0.05, 0.1) is 36.6 Å². The number of thioether (sulfide) groups is 1. The Balaban J connectivity index is 1.47. The van der Waals surface area contributed by atoms with E-state index in [-0.39, 0.29) is 36.1 Å². The van der Waals surface area contributed by atoms with Crippen molar-refractivity contribution in [1.29, 1.82) is 5.26 Å². The molecule has 0 bridgehead atoms. The minimum absolute atomic E-state index is 0.0973. The summed E-state index contributed by atoms with van der Waals surface area (Å²) < 4.78 is 66.7. The molecule has 3 aromatic rings. The number of nitrogens with zero attached hydrogens (tertiary/aromatic N) is 4. The Bertz CT molecular complexity index is 1500. The zero-order valence-corrected chi connectivity index (χ0v) is 24.3. The number of alkyl halides is 1. The van der Waals surface area contributed by atoms with E-state index in [4.69, 9.17) is 35.8 Å². The van der Waals surface area contributed by atoms with E-state index in [9.17, 15) is 13.6 Å². The van der Waals surface area contributed by atoms with Crippen LogP contribution >= 0.6 is 23.4 Å². The predicted molar refractivity (Wildman–Crippen MR) is 152 cm³/mol. The van der Waals surface area contributed by atoms with Crippen LogP contribution in [0.15, 0.2) is 67.3 Å². The Kier molecular flexibility index (Phi) is 11.2. The second kappa shape index (κ2) is 15.1. The number of carbonyl (C=O) groups is 1. The van der Waals surface area contributed by atoms with Crippen molar-refractivity contribution in [3.63, 3.8) is 0 Å². The lowest BCUT2D eigenvalue weighted by molar-refractivity contribution is -0.146. The van der Waals surface area contributed by atoms with Gasteiger partial charge in [-0.05, 0) is 37.3 Å². The number of hydrogen-bond donors (Lipinski definition) is 0. The molecule has 2 heterocycles. The Morgan fingerprint density at radius 3 is 2.67 bits per heavy atom. The highest BCUT2D eigenvalue weighted by atomic mass is 35.5. The molecule has 1 aromatic heterocycles. The van der Waals surface area contributed by atoms with Crippen molar-refractivity contribution in [3.8, 4) is 6.07 Å². The van der Waals surface area contributed by atoms with Crippen LogP contribution in [0.1, 0.15) is 23.6 Å². The van der Waals surface area contributed by atoms with Gasteiger partial charge in [0, 0.05) is 22.4 Å². The van der Waals surface area contributed by atoms with Gasteiger partial charge in [-0.3, -0.25) is 0 Å². The maximum absolute atomic E-state index is 15.3. The van der Waals surface area contributed by atoms with E-state index in [2.05, 4.69) is 10.1 Å². The lowest BCUT2D eigenvalue weighted by Crippen LogP contribution is -2.47. The highest BCUT2D eigenvalue weighted by Crippen LogP contribution is 2.42. The average molecular weight is 635 g/mol.